The second-order valence-electron chi connectivity index (χ2n) is 7.07. The van der Waals surface area contributed by atoms with Crippen molar-refractivity contribution in [1.82, 2.24) is 20.3 Å². The Morgan fingerprint density at radius 3 is 2.81 bits per heavy atom. The van der Waals surface area contributed by atoms with Gasteiger partial charge in [0.1, 0.15) is 5.76 Å². The van der Waals surface area contributed by atoms with Crippen LogP contribution in [0.25, 0.3) is 0 Å². The van der Waals surface area contributed by atoms with Crippen LogP contribution in [0.2, 0.25) is 0 Å². The van der Waals surface area contributed by atoms with Crippen LogP contribution in [-0.4, -0.2) is 20.9 Å². The van der Waals surface area contributed by atoms with Crippen LogP contribution >= 0.6 is 0 Å². The van der Waals surface area contributed by atoms with Gasteiger partial charge in [-0.25, -0.2) is 4.68 Å². The van der Waals surface area contributed by atoms with E-state index in [0.717, 1.165) is 48.3 Å². The van der Waals surface area contributed by atoms with E-state index < -0.39 is 0 Å². The van der Waals surface area contributed by atoms with E-state index in [-0.39, 0.29) is 11.9 Å². The largest absolute Gasteiger partial charge is 0.469 e. The van der Waals surface area contributed by atoms with Gasteiger partial charge >= 0.3 is 0 Å². The van der Waals surface area contributed by atoms with Crippen molar-refractivity contribution in [2.75, 3.05) is 0 Å². The first kappa shape index (κ1) is 17.5. The minimum Gasteiger partial charge on any atom is -0.469 e. The molecule has 0 saturated carbocycles. The second kappa shape index (κ2) is 7.39. The monoisotopic (exact) mass is 364 g/mol. The molecule has 3 aromatic rings. The van der Waals surface area contributed by atoms with Crippen LogP contribution in [0.3, 0.4) is 0 Å². The molecular formula is C21H24N4O2. The van der Waals surface area contributed by atoms with Gasteiger partial charge in [-0.1, -0.05) is 36.4 Å². The summed E-state index contributed by atoms with van der Waals surface area (Å²) >= 11 is 0. The molecule has 140 valence electrons. The number of hydrogen-bond donors (Lipinski definition) is 1. The van der Waals surface area contributed by atoms with Crippen LogP contribution in [-0.2, 0) is 19.4 Å². The van der Waals surface area contributed by atoms with Crippen molar-refractivity contribution < 1.29 is 9.21 Å². The van der Waals surface area contributed by atoms with E-state index in [4.69, 9.17) is 4.42 Å². The number of carbonyl (C=O) groups is 1. The number of aromatic nitrogens is 3. The number of fused-ring (bicyclic) bond motifs is 1. The van der Waals surface area contributed by atoms with Crippen LogP contribution in [0.15, 0.2) is 41.0 Å². The summed E-state index contributed by atoms with van der Waals surface area (Å²) in [5, 5.41) is 11.4. The number of amides is 1. The molecule has 0 radical (unpaired) electrons. The summed E-state index contributed by atoms with van der Waals surface area (Å²) in [6.45, 7) is 4.63. The third-order valence-electron chi connectivity index (χ3n) is 5.32. The maximum absolute atomic E-state index is 12.8. The SMILES string of the molecule is CCc1ccc(Cn2nnc(C(=O)NC3CCCc4occc43)c2C)cc1. The fourth-order valence-electron chi connectivity index (χ4n) is 3.64. The molecule has 27 heavy (non-hydrogen) atoms. The summed E-state index contributed by atoms with van der Waals surface area (Å²) in [6.07, 6.45) is 5.56. The Morgan fingerprint density at radius 1 is 1.26 bits per heavy atom. The molecule has 0 spiro atoms. The molecule has 6 heteroatoms. The van der Waals surface area contributed by atoms with Crippen molar-refractivity contribution in [3.63, 3.8) is 0 Å². The Bertz CT molecular complexity index is 940. The number of hydrogen-bond acceptors (Lipinski definition) is 4. The van der Waals surface area contributed by atoms with Crippen LogP contribution in [0.5, 0.6) is 0 Å². The van der Waals surface area contributed by atoms with E-state index in [0.29, 0.717) is 12.2 Å². The van der Waals surface area contributed by atoms with E-state index >= 15 is 0 Å². The van der Waals surface area contributed by atoms with Crippen LogP contribution < -0.4 is 5.32 Å². The standard InChI is InChI=1S/C21H24N4O2/c1-3-15-7-9-16(10-8-15)13-25-14(2)20(23-24-25)21(26)22-18-5-4-6-19-17(18)11-12-27-19/h7-12,18H,3-6,13H2,1-2H3,(H,22,26). The fraction of sp³-hybridized carbons (Fsp3) is 0.381. The smallest absolute Gasteiger partial charge is 0.274 e. The molecule has 1 N–H and O–H groups in total. The molecule has 1 aliphatic carbocycles. The number of furan rings is 1. The lowest BCUT2D eigenvalue weighted by Gasteiger charge is -2.22. The van der Waals surface area contributed by atoms with Crippen molar-refractivity contribution in [3.05, 3.63) is 70.4 Å². The summed E-state index contributed by atoms with van der Waals surface area (Å²) in [4.78, 5) is 12.8. The minimum absolute atomic E-state index is 0.0221. The summed E-state index contributed by atoms with van der Waals surface area (Å²) in [5.74, 6) is 0.793. The number of nitrogens with one attached hydrogen (secondary N) is 1. The topological polar surface area (TPSA) is 73.0 Å². The van der Waals surface area contributed by atoms with Crippen molar-refractivity contribution in [2.24, 2.45) is 0 Å². The molecule has 2 heterocycles. The maximum Gasteiger partial charge on any atom is 0.274 e. The average Bonchev–Trinajstić information content (AvgIpc) is 3.30. The molecule has 0 fully saturated rings. The summed E-state index contributed by atoms with van der Waals surface area (Å²) in [6, 6.07) is 10.4. The van der Waals surface area contributed by atoms with Crippen LogP contribution in [0.4, 0.5) is 0 Å². The molecule has 0 bridgehead atoms. The van der Waals surface area contributed by atoms with Gasteiger partial charge in [0.25, 0.3) is 5.91 Å². The van der Waals surface area contributed by atoms with Crippen molar-refractivity contribution >= 4 is 5.91 Å². The van der Waals surface area contributed by atoms with Gasteiger partial charge in [-0.3, -0.25) is 4.79 Å². The zero-order valence-electron chi connectivity index (χ0n) is 15.7. The quantitative estimate of drug-likeness (QED) is 0.751. The van der Waals surface area contributed by atoms with Crippen molar-refractivity contribution in [2.45, 2.75) is 52.1 Å². The Morgan fingerprint density at radius 2 is 2.04 bits per heavy atom. The van der Waals surface area contributed by atoms with Gasteiger partial charge in [0.15, 0.2) is 5.69 Å². The molecule has 1 unspecified atom stereocenters. The summed E-state index contributed by atoms with van der Waals surface area (Å²) < 4.78 is 7.28. The van der Waals surface area contributed by atoms with Crippen LogP contribution in [0, 0.1) is 6.92 Å². The third-order valence-corrected chi connectivity index (χ3v) is 5.32. The molecule has 6 nitrogen and oxygen atoms in total. The second-order valence-corrected chi connectivity index (χ2v) is 7.07. The predicted molar refractivity (Wildman–Crippen MR) is 102 cm³/mol. The highest BCUT2D eigenvalue weighted by Crippen LogP contribution is 2.30. The fourth-order valence-corrected chi connectivity index (χ4v) is 3.64. The zero-order valence-corrected chi connectivity index (χ0v) is 15.7. The highest BCUT2D eigenvalue weighted by molar-refractivity contribution is 5.93. The first-order valence-corrected chi connectivity index (χ1v) is 9.50. The molecule has 1 aliphatic rings. The van der Waals surface area contributed by atoms with Crippen LogP contribution in [0.1, 0.15) is 64.4 Å². The van der Waals surface area contributed by atoms with Gasteiger partial charge in [0, 0.05) is 12.0 Å². The van der Waals surface area contributed by atoms with Gasteiger partial charge in [0.05, 0.1) is 24.5 Å². The number of benzene rings is 1. The van der Waals surface area contributed by atoms with E-state index in [9.17, 15) is 4.79 Å². The number of nitrogens with zero attached hydrogens (tertiary/aromatic N) is 3. The minimum atomic E-state index is -0.181. The lowest BCUT2D eigenvalue weighted by Crippen LogP contribution is -2.31. The van der Waals surface area contributed by atoms with Gasteiger partial charge < -0.3 is 9.73 Å². The normalized spacial score (nSPS) is 16.1. The molecular weight excluding hydrogens is 340 g/mol. The first-order chi connectivity index (χ1) is 13.2. The molecule has 0 saturated heterocycles. The molecule has 1 atom stereocenters. The zero-order chi connectivity index (χ0) is 18.8. The van der Waals surface area contributed by atoms with E-state index in [1.54, 1.807) is 10.9 Å². The number of carbonyl (C=O) groups excluding carboxylic acids is 1. The average molecular weight is 364 g/mol. The van der Waals surface area contributed by atoms with Gasteiger partial charge in [-0.2, -0.15) is 0 Å². The van der Waals surface area contributed by atoms with E-state index in [1.165, 1.54) is 5.56 Å². The predicted octanol–water partition coefficient (Wildman–Crippen LogP) is 3.60. The molecule has 0 aliphatic heterocycles. The molecule has 2 aromatic heterocycles. The lowest BCUT2D eigenvalue weighted by atomic mass is 9.93. The van der Waals surface area contributed by atoms with Gasteiger partial charge in [-0.05, 0) is 43.4 Å². The van der Waals surface area contributed by atoms with Gasteiger partial charge in [-0.15, -0.1) is 5.10 Å². The van der Waals surface area contributed by atoms with Gasteiger partial charge in [0.2, 0.25) is 0 Å². The Balaban J connectivity index is 1.48. The Hall–Kier alpha value is -2.89. The number of aryl methyl sites for hydroxylation is 2. The Labute approximate surface area is 158 Å². The molecule has 4 rings (SSSR count). The van der Waals surface area contributed by atoms with E-state index in [1.807, 2.05) is 13.0 Å². The maximum atomic E-state index is 12.8. The molecule has 1 amide bonds. The summed E-state index contributed by atoms with van der Waals surface area (Å²) in [5.41, 5.74) is 4.68. The van der Waals surface area contributed by atoms with E-state index in [2.05, 4.69) is 46.8 Å². The van der Waals surface area contributed by atoms with Crippen molar-refractivity contribution in [3.8, 4) is 0 Å². The first-order valence-electron chi connectivity index (χ1n) is 9.50. The number of rotatable bonds is 5. The summed E-state index contributed by atoms with van der Waals surface area (Å²) in [7, 11) is 0. The third kappa shape index (κ3) is 3.52. The van der Waals surface area contributed by atoms with Crippen molar-refractivity contribution in [1.29, 1.82) is 0 Å². The highest BCUT2D eigenvalue weighted by atomic mass is 16.3. The highest BCUT2D eigenvalue weighted by Gasteiger charge is 2.26. The molecule has 1 aromatic carbocycles. The Kier molecular flexibility index (Phi) is 4.79. The lowest BCUT2D eigenvalue weighted by molar-refractivity contribution is 0.0926.